The molecule has 1 atom stereocenters. The van der Waals surface area contributed by atoms with Gasteiger partial charge in [-0.1, -0.05) is 72.3 Å². The van der Waals surface area contributed by atoms with Crippen LogP contribution in [-0.4, -0.2) is 33.9 Å². The van der Waals surface area contributed by atoms with Gasteiger partial charge in [-0.25, -0.2) is 9.07 Å². The summed E-state index contributed by atoms with van der Waals surface area (Å²) in [4.78, 5) is 29.0. The number of amides is 2. The molecular formula is C35H31FN4O2S. The van der Waals surface area contributed by atoms with Gasteiger partial charge >= 0.3 is 0 Å². The maximum absolute atomic E-state index is 14.0. The molecule has 1 aliphatic rings. The minimum atomic E-state index is -0.393. The van der Waals surface area contributed by atoms with E-state index in [2.05, 4.69) is 30.4 Å². The topological polar surface area (TPSA) is 67.2 Å². The van der Waals surface area contributed by atoms with E-state index in [0.29, 0.717) is 11.5 Å². The Labute approximate surface area is 254 Å². The number of carbonyl (C=O) groups excluding carboxylic acids is 2. The van der Waals surface area contributed by atoms with Crippen LogP contribution in [0.25, 0.3) is 16.9 Å². The van der Waals surface area contributed by atoms with Crippen molar-refractivity contribution in [1.82, 2.24) is 9.78 Å². The standard InChI is InChI=1S/C35H31FN4O2S/c1-22-9-7-13-26(19-22)34-32-33(25-11-5-4-6-12-25)38-40(29-14-8-10-23(2)24(29)3)35(32)39(31(42)21-43-34)20-30(41)37-28-17-15-27(36)16-18-28/h4-19,34H,20-21H2,1-3H3,(H,37,41). The molecule has 1 N–H and O–H groups in total. The van der Waals surface area contributed by atoms with Gasteiger partial charge in [0, 0.05) is 16.8 Å². The van der Waals surface area contributed by atoms with Crippen molar-refractivity contribution in [2.24, 2.45) is 0 Å². The van der Waals surface area contributed by atoms with Crippen molar-refractivity contribution in [3.63, 3.8) is 0 Å². The highest BCUT2D eigenvalue weighted by Crippen LogP contribution is 2.48. The summed E-state index contributed by atoms with van der Waals surface area (Å²) < 4.78 is 15.3. The molecule has 6 nitrogen and oxygen atoms in total. The molecule has 5 aromatic rings. The van der Waals surface area contributed by atoms with Crippen LogP contribution < -0.4 is 10.2 Å². The minimum Gasteiger partial charge on any atom is -0.325 e. The highest BCUT2D eigenvalue weighted by atomic mass is 32.2. The summed E-state index contributed by atoms with van der Waals surface area (Å²) in [5, 5.41) is 7.81. The summed E-state index contributed by atoms with van der Waals surface area (Å²) in [6.07, 6.45) is 0. The van der Waals surface area contributed by atoms with Crippen LogP contribution in [0, 0.1) is 26.6 Å². The Balaban J connectivity index is 1.58. The van der Waals surface area contributed by atoms with E-state index in [1.54, 1.807) is 4.90 Å². The summed E-state index contributed by atoms with van der Waals surface area (Å²) in [5.41, 5.74) is 8.15. The van der Waals surface area contributed by atoms with Gasteiger partial charge in [-0.05, 0) is 67.8 Å². The lowest BCUT2D eigenvalue weighted by molar-refractivity contribution is -0.120. The van der Waals surface area contributed by atoms with Crippen molar-refractivity contribution in [2.45, 2.75) is 26.0 Å². The number of fused-ring (bicyclic) bond motifs is 1. The SMILES string of the molecule is Cc1cccc(C2SCC(=O)N(CC(=O)Nc3ccc(F)cc3)c3c2c(-c2ccccc2)nn3-c2cccc(C)c2C)c1. The van der Waals surface area contributed by atoms with E-state index in [9.17, 15) is 14.0 Å². The molecular weight excluding hydrogens is 559 g/mol. The Bertz CT molecular complexity index is 1820. The van der Waals surface area contributed by atoms with Gasteiger partial charge in [-0.2, -0.15) is 5.10 Å². The summed E-state index contributed by atoms with van der Waals surface area (Å²) >= 11 is 1.54. The average molecular weight is 591 g/mol. The van der Waals surface area contributed by atoms with E-state index >= 15 is 0 Å². The molecule has 0 aliphatic carbocycles. The largest absolute Gasteiger partial charge is 0.325 e. The molecule has 0 radical (unpaired) electrons. The van der Waals surface area contributed by atoms with E-state index < -0.39 is 5.82 Å². The molecule has 43 heavy (non-hydrogen) atoms. The number of thioether (sulfide) groups is 1. The van der Waals surface area contributed by atoms with Crippen molar-refractivity contribution in [1.29, 1.82) is 0 Å². The van der Waals surface area contributed by atoms with Crippen LogP contribution in [0.15, 0.2) is 97.1 Å². The van der Waals surface area contributed by atoms with Crippen LogP contribution in [0.3, 0.4) is 0 Å². The molecule has 1 unspecified atom stereocenters. The van der Waals surface area contributed by atoms with Crippen LogP contribution in [0.1, 0.15) is 33.1 Å². The van der Waals surface area contributed by atoms with Gasteiger partial charge in [-0.3, -0.25) is 14.5 Å². The number of benzene rings is 4. The third-order valence-corrected chi connectivity index (χ3v) is 8.97. The maximum atomic E-state index is 14.0. The van der Waals surface area contributed by atoms with Crippen molar-refractivity contribution >= 4 is 35.1 Å². The van der Waals surface area contributed by atoms with E-state index in [1.165, 1.54) is 36.0 Å². The Hall–Kier alpha value is -4.69. The second kappa shape index (κ2) is 11.9. The third-order valence-electron chi connectivity index (χ3n) is 7.72. The molecule has 0 saturated heterocycles. The zero-order valence-electron chi connectivity index (χ0n) is 24.2. The molecule has 8 heteroatoms. The number of aromatic nitrogens is 2. The average Bonchev–Trinajstić information content (AvgIpc) is 3.32. The number of nitrogens with zero attached hydrogens (tertiary/aromatic N) is 3. The van der Waals surface area contributed by atoms with Crippen LogP contribution in [0.2, 0.25) is 0 Å². The molecule has 0 saturated carbocycles. The van der Waals surface area contributed by atoms with Gasteiger partial charge in [0.05, 0.1) is 22.4 Å². The number of anilines is 2. The van der Waals surface area contributed by atoms with E-state index in [0.717, 1.165) is 44.8 Å². The third kappa shape index (κ3) is 5.70. The number of hydrogen-bond donors (Lipinski definition) is 1. The Morgan fingerprint density at radius 3 is 2.44 bits per heavy atom. The molecule has 1 aliphatic heterocycles. The second-order valence-corrected chi connectivity index (χ2v) is 11.8. The van der Waals surface area contributed by atoms with E-state index in [1.807, 2.05) is 73.1 Å². The number of halogens is 1. The number of carbonyl (C=O) groups is 2. The second-order valence-electron chi connectivity index (χ2n) is 10.7. The molecule has 0 fully saturated rings. The van der Waals surface area contributed by atoms with Gasteiger partial charge in [-0.15, -0.1) is 11.8 Å². The fraction of sp³-hybridized carbons (Fsp3) is 0.171. The Morgan fingerprint density at radius 2 is 1.70 bits per heavy atom. The summed E-state index contributed by atoms with van der Waals surface area (Å²) in [6, 6.07) is 29.9. The first-order chi connectivity index (χ1) is 20.8. The molecule has 216 valence electrons. The Morgan fingerprint density at radius 1 is 0.953 bits per heavy atom. The van der Waals surface area contributed by atoms with E-state index in [4.69, 9.17) is 5.10 Å². The van der Waals surface area contributed by atoms with Gasteiger partial charge in [0.25, 0.3) is 0 Å². The zero-order valence-corrected chi connectivity index (χ0v) is 25.0. The Kier molecular flexibility index (Phi) is 7.86. The first kappa shape index (κ1) is 28.4. The first-order valence-electron chi connectivity index (χ1n) is 14.1. The van der Waals surface area contributed by atoms with Crippen molar-refractivity contribution in [3.05, 3.63) is 131 Å². The fourth-order valence-corrected chi connectivity index (χ4v) is 6.62. The van der Waals surface area contributed by atoms with Gasteiger partial charge < -0.3 is 5.32 Å². The van der Waals surface area contributed by atoms with E-state index in [-0.39, 0.29) is 29.4 Å². The normalized spacial score (nSPS) is 14.7. The fourth-order valence-electron chi connectivity index (χ4n) is 5.44. The highest BCUT2D eigenvalue weighted by Gasteiger charge is 2.38. The summed E-state index contributed by atoms with van der Waals surface area (Å²) in [5.74, 6) is -0.224. The van der Waals surface area contributed by atoms with Crippen LogP contribution >= 0.6 is 11.8 Å². The minimum absolute atomic E-state index is 0.179. The lowest BCUT2D eigenvalue weighted by atomic mass is 9.98. The molecule has 2 heterocycles. The first-order valence-corrected chi connectivity index (χ1v) is 15.1. The molecule has 4 aromatic carbocycles. The van der Waals surface area contributed by atoms with Crippen molar-refractivity contribution < 1.29 is 14.0 Å². The number of hydrogen-bond acceptors (Lipinski definition) is 4. The summed E-state index contributed by atoms with van der Waals surface area (Å²) in [6.45, 7) is 5.91. The molecule has 0 bridgehead atoms. The molecule has 2 amide bonds. The maximum Gasteiger partial charge on any atom is 0.244 e. The molecule has 6 rings (SSSR count). The predicted molar refractivity (Wildman–Crippen MR) is 171 cm³/mol. The number of aryl methyl sites for hydroxylation is 2. The number of rotatable bonds is 6. The van der Waals surface area contributed by atoms with Crippen LogP contribution in [0.5, 0.6) is 0 Å². The zero-order chi connectivity index (χ0) is 30.1. The highest BCUT2D eigenvalue weighted by molar-refractivity contribution is 8.00. The smallest absolute Gasteiger partial charge is 0.244 e. The predicted octanol–water partition coefficient (Wildman–Crippen LogP) is 7.41. The molecule has 1 aromatic heterocycles. The number of nitrogens with one attached hydrogen (secondary N) is 1. The van der Waals surface area contributed by atoms with Crippen molar-refractivity contribution in [2.75, 3.05) is 22.5 Å². The van der Waals surface area contributed by atoms with Gasteiger partial charge in [0.2, 0.25) is 11.8 Å². The van der Waals surface area contributed by atoms with Crippen LogP contribution in [0.4, 0.5) is 15.9 Å². The van der Waals surface area contributed by atoms with Crippen molar-refractivity contribution in [3.8, 4) is 16.9 Å². The lowest BCUT2D eigenvalue weighted by Gasteiger charge is -2.24. The van der Waals surface area contributed by atoms with Gasteiger partial charge in [0.1, 0.15) is 18.2 Å². The van der Waals surface area contributed by atoms with Gasteiger partial charge in [0.15, 0.2) is 0 Å². The van der Waals surface area contributed by atoms with Crippen LogP contribution in [-0.2, 0) is 9.59 Å². The quantitative estimate of drug-likeness (QED) is 0.224. The lowest BCUT2D eigenvalue weighted by Crippen LogP contribution is -2.40. The summed E-state index contributed by atoms with van der Waals surface area (Å²) in [7, 11) is 0. The monoisotopic (exact) mass is 590 g/mol. The molecule has 0 spiro atoms.